The topological polar surface area (TPSA) is 46.3 Å². The molecule has 1 aliphatic carbocycles. The van der Waals surface area contributed by atoms with Crippen LogP contribution in [0.25, 0.3) is 0 Å². The van der Waals surface area contributed by atoms with Crippen LogP contribution in [-0.2, 0) is 11.3 Å². The third-order valence-corrected chi connectivity index (χ3v) is 2.93. The van der Waals surface area contributed by atoms with E-state index in [1.165, 1.54) is 11.0 Å². The van der Waals surface area contributed by atoms with Crippen LogP contribution in [0.1, 0.15) is 18.4 Å². The number of rotatable bonds is 3. The Bertz CT molecular complexity index is 421. The van der Waals surface area contributed by atoms with Crippen molar-refractivity contribution >= 4 is 18.3 Å². The van der Waals surface area contributed by atoms with Crippen LogP contribution in [0.4, 0.5) is 4.39 Å². The number of nitrogens with two attached hydrogens (primary N) is 1. The molecular formula is C12H16ClFN2O. The summed E-state index contributed by atoms with van der Waals surface area (Å²) in [5, 5.41) is 0. The fraction of sp³-hybridized carbons (Fsp3) is 0.417. The van der Waals surface area contributed by atoms with Crippen molar-refractivity contribution in [2.75, 3.05) is 7.05 Å². The van der Waals surface area contributed by atoms with Gasteiger partial charge in [-0.05, 0) is 18.9 Å². The van der Waals surface area contributed by atoms with Gasteiger partial charge in [-0.1, -0.05) is 18.2 Å². The van der Waals surface area contributed by atoms with Crippen molar-refractivity contribution in [3.8, 4) is 0 Å². The van der Waals surface area contributed by atoms with E-state index < -0.39 is 5.54 Å². The maximum Gasteiger partial charge on any atom is 0.242 e. The number of hydrogen-bond donors (Lipinski definition) is 1. The van der Waals surface area contributed by atoms with Crippen LogP contribution in [0.5, 0.6) is 0 Å². The summed E-state index contributed by atoms with van der Waals surface area (Å²) in [7, 11) is 1.65. The highest BCUT2D eigenvalue weighted by Gasteiger charge is 2.47. The Morgan fingerprint density at radius 1 is 1.47 bits per heavy atom. The molecule has 94 valence electrons. The predicted octanol–water partition coefficient (Wildman–Crippen LogP) is 1.70. The number of amides is 1. The van der Waals surface area contributed by atoms with Gasteiger partial charge in [0.25, 0.3) is 0 Å². The van der Waals surface area contributed by atoms with Crippen molar-refractivity contribution < 1.29 is 9.18 Å². The van der Waals surface area contributed by atoms with Crippen molar-refractivity contribution in [3.05, 3.63) is 35.6 Å². The van der Waals surface area contributed by atoms with Crippen molar-refractivity contribution in [1.82, 2.24) is 4.90 Å². The Morgan fingerprint density at radius 2 is 2.06 bits per heavy atom. The van der Waals surface area contributed by atoms with Gasteiger partial charge in [-0.25, -0.2) is 4.39 Å². The largest absolute Gasteiger partial charge is 0.340 e. The lowest BCUT2D eigenvalue weighted by atomic mass is 10.2. The summed E-state index contributed by atoms with van der Waals surface area (Å²) >= 11 is 0. The van der Waals surface area contributed by atoms with E-state index in [1.807, 2.05) is 0 Å². The quantitative estimate of drug-likeness (QED) is 0.897. The van der Waals surface area contributed by atoms with Gasteiger partial charge in [0, 0.05) is 19.2 Å². The van der Waals surface area contributed by atoms with Gasteiger partial charge >= 0.3 is 0 Å². The van der Waals surface area contributed by atoms with Gasteiger partial charge in [0.15, 0.2) is 0 Å². The first-order valence-corrected chi connectivity index (χ1v) is 5.31. The molecule has 3 nitrogen and oxygen atoms in total. The Kier molecular flexibility index (Phi) is 4.11. The number of halogens is 2. The summed E-state index contributed by atoms with van der Waals surface area (Å²) in [6, 6.07) is 6.45. The molecule has 0 radical (unpaired) electrons. The second kappa shape index (κ2) is 5.02. The van der Waals surface area contributed by atoms with Crippen LogP contribution < -0.4 is 5.73 Å². The van der Waals surface area contributed by atoms with Gasteiger partial charge in [0.2, 0.25) is 5.91 Å². The molecule has 1 aromatic carbocycles. The second-order valence-corrected chi connectivity index (χ2v) is 4.41. The monoisotopic (exact) mass is 258 g/mol. The van der Waals surface area contributed by atoms with Crippen molar-refractivity contribution in [3.63, 3.8) is 0 Å². The first-order valence-electron chi connectivity index (χ1n) is 5.31. The van der Waals surface area contributed by atoms with E-state index in [9.17, 15) is 9.18 Å². The second-order valence-electron chi connectivity index (χ2n) is 4.41. The van der Waals surface area contributed by atoms with Gasteiger partial charge in [0.1, 0.15) is 5.82 Å². The van der Waals surface area contributed by atoms with Crippen molar-refractivity contribution in [2.45, 2.75) is 24.9 Å². The minimum Gasteiger partial charge on any atom is -0.340 e. The first kappa shape index (κ1) is 13.9. The molecule has 5 heteroatoms. The Hall–Kier alpha value is -1.13. The number of carbonyl (C=O) groups is 1. The van der Waals surface area contributed by atoms with E-state index in [0.29, 0.717) is 5.56 Å². The van der Waals surface area contributed by atoms with Crippen LogP contribution in [0, 0.1) is 5.82 Å². The molecule has 17 heavy (non-hydrogen) atoms. The molecule has 0 spiro atoms. The predicted molar refractivity (Wildman–Crippen MR) is 66.3 cm³/mol. The molecule has 1 aliphatic rings. The lowest BCUT2D eigenvalue weighted by molar-refractivity contribution is -0.132. The maximum absolute atomic E-state index is 13.4. The molecular weight excluding hydrogens is 243 g/mol. The van der Waals surface area contributed by atoms with Gasteiger partial charge in [0.05, 0.1) is 5.54 Å². The van der Waals surface area contributed by atoms with Crippen LogP contribution >= 0.6 is 12.4 Å². The van der Waals surface area contributed by atoms with Crippen LogP contribution in [0.3, 0.4) is 0 Å². The Balaban J connectivity index is 0.00000144. The summed E-state index contributed by atoms with van der Waals surface area (Å²) in [5.74, 6) is -0.389. The molecule has 0 heterocycles. The molecule has 2 rings (SSSR count). The molecule has 0 saturated heterocycles. The zero-order chi connectivity index (χ0) is 11.8. The van der Waals surface area contributed by atoms with Gasteiger partial charge in [-0.2, -0.15) is 0 Å². The van der Waals surface area contributed by atoms with E-state index in [1.54, 1.807) is 25.2 Å². The summed E-state index contributed by atoms with van der Waals surface area (Å²) in [5.41, 5.74) is 5.63. The minimum atomic E-state index is -0.681. The summed E-state index contributed by atoms with van der Waals surface area (Å²) in [6.45, 7) is 0.268. The average Bonchev–Trinajstić information content (AvgIpc) is 3.00. The summed E-state index contributed by atoms with van der Waals surface area (Å²) < 4.78 is 13.4. The third kappa shape index (κ3) is 2.96. The highest BCUT2D eigenvalue weighted by Crippen LogP contribution is 2.34. The highest BCUT2D eigenvalue weighted by molar-refractivity contribution is 5.88. The normalized spacial score (nSPS) is 15.9. The van der Waals surface area contributed by atoms with Gasteiger partial charge < -0.3 is 10.6 Å². The number of carbonyl (C=O) groups excluding carboxylic acids is 1. The van der Waals surface area contributed by atoms with Crippen LogP contribution in [0.2, 0.25) is 0 Å². The van der Waals surface area contributed by atoms with Gasteiger partial charge in [-0.3, -0.25) is 4.79 Å². The molecule has 0 aliphatic heterocycles. The van der Waals surface area contributed by atoms with E-state index >= 15 is 0 Å². The standard InChI is InChI=1S/C12H15FN2O.ClH/c1-15(11(16)12(14)6-7-12)8-9-4-2-3-5-10(9)13;/h2-5H,6-8,14H2,1H3;1H. The van der Waals surface area contributed by atoms with Crippen molar-refractivity contribution in [2.24, 2.45) is 5.73 Å². The lowest BCUT2D eigenvalue weighted by Gasteiger charge is -2.21. The zero-order valence-corrected chi connectivity index (χ0v) is 10.5. The number of likely N-dealkylation sites (N-methyl/N-ethyl adjacent to an activating group) is 1. The first-order chi connectivity index (χ1) is 7.53. The number of hydrogen-bond acceptors (Lipinski definition) is 2. The van der Waals surface area contributed by atoms with E-state index in [0.717, 1.165) is 12.8 Å². The van der Waals surface area contributed by atoms with Crippen LogP contribution in [-0.4, -0.2) is 23.4 Å². The summed E-state index contributed by atoms with van der Waals surface area (Å²) in [6.07, 6.45) is 1.46. The van der Waals surface area contributed by atoms with Crippen LogP contribution in [0.15, 0.2) is 24.3 Å². The molecule has 0 unspecified atom stereocenters. The highest BCUT2D eigenvalue weighted by atomic mass is 35.5. The molecule has 2 N–H and O–H groups in total. The zero-order valence-electron chi connectivity index (χ0n) is 9.65. The maximum atomic E-state index is 13.4. The fourth-order valence-corrected chi connectivity index (χ4v) is 1.68. The van der Waals surface area contributed by atoms with Crippen molar-refractivity contribution in [1.29, 1.82) is 0 Å². The minimum absolute atomic E-state index is 0. The Morgan fingerprint density at radius 3 is 2.59 bits per heavy atom. The van der Waals surface area contributed by atoms with E-state index in [-0.39, 0.29) is 30.7 Å². The Labute approximate surface area is 106 Å². The molecule has 0 bridgehead atoms. The third-order valence-electron chi connectivity index (χ3n) is 2.93. The molecule has 1 aromatic rings. The lowest BCUT2D eigenvalue weighted by Crippen LogP contribution is -2.43. The number of nitrogens with zero attached hydrogens (tertiary/aromatic N) is 1. The van der Waals surface area contributed by atoms with E-state index in [4.69, 9.17) is 5.73 Å². The summed E-state index contributed by atoms with van der Waals surface area (Å²) in [4.78, 5) is 13.3. The molecule has 1 fully saturated rings. The van der Waals surface area contributed by atoms with Gasteiger partial charge in [-0.15, -0.1) is 12.4 Å². The molecule has 1 saturated carbocycles. The average molecular weight is 259 g/mol. The molecule has 1 amide bonds. The number of benzene rings is 1. The van der Waals surface area contributed by atoms with E-state index in [2.05, 4.69) is 0 Å². The molecule has 0 atom stereocenters. The SMILES string of the molecule is CN(Cc1ccccc1F)C(=O)C1(N)CC1.Cl. The smallest absolute Gasteiger partial charge is 0.242 e. The fourth-order valence-electron chi connectivity index (χ4n) is 1.68. The molecule has 0 aromatic heterocycles.